The first kappa shape index (κ1) is 18.4. The van der Waals surface area contributed by atoms with Gasteiger partial charge in [0.1, 0.15) is 5.75 Å². The number of nitrogens with one attached hydrogen (secondary N) is 2. The molecule has 0 spiro atoms. The summed E-state index contributed by atoms with van der Waals surface area (Å²) in [7, 11) is 1.56. The molecule has 0 atom stereocenters. The van der Waals surface area contributed by atoms with E-state index in [1.165, 1.54) is 0 Å². The molecule has 2 aromatic heterocycles. The minimum atomic E-state index is -0.405. The van der Waals surface area contributed by atoms with Crippen LogP contribution in [0.4, 0.5) is 5.69 Å². The first-order valence-corrected chi connectivity index (χ1v) is 8.84. The van der Waals surface area contributed by atoms with Crippen molar-refractivity contribution in [3.8, 4) is 5.75 Å². The molecule has 140 valence electrons. The third kappa shape index (κ3) is 4.08. The second-order valence-corrected chi connectivity index (χ2v) is 6.04. The van der Waals surface area contributed by atoms with Crippen LogP contribution < -0.4 is 15.4 Å². The lowest BCUT2D eigenvalue weighted by Gasteiger charge is -2.06. The summed E-state index contributed by atoms with van der Waals surface area (Å²) in [6.45, 7) is 2.63. The summed E-state index contributed by atoms with van der Waals surface area (Å²) in [5, 5.41) is 5.64. The predicted molar refractivity (Wildman–Crippen MR) is 103 cm³/mol. The predicted octanol–water partition coefficient (Wildman–Crippen LogP) is 3.13. The van der Waals surface area contributed by atoms with Gasteiger partial charge in [-0.2, -0.15) is 0 Å². The van der Waals surface area contributed by atoms with Crippen molar-refractivity contribution in [3.63, 3.8) is 0 Å². The van der Waals surface area contributed by atoms with Crippen LogP contribution >= 0.6 is 0 Å². The maximum absolute atomic E-state index is 12.8. The summed E-state index contributed by atoms with van der Waals surface area (Å²) in [4.78, 5) is 29.5. The number of methoxy groups -OCH3 is 1. The number of fused-ring (bicyclic) bond motifs is 1. The number of unbranched alkanes of at least 4 members (excludes halogenated alkanes) is 1. The fourth-order valence-electron chi connectivity index (χ4n) is 2.72. The van der Waals surface area contributed by atoms with Gasteiger partial charge >= 0.3 is 0 Å². The number of hydrogen-bond donors (Lipinski definition) is 2. The van der Waals surface area contributed by atoms with Crippen LogP contribution in [-0.4, -0.2) is 34.9 Å². The van der Waals surface area contributed by atoms with Gasteiger partial charge in [0.05, 0.1) is 12.6 Å². The van der Waals surface area contributed by atoms with E-state index >= 15 is 0 Å². The van der Waals surface area contributed by atoms with Gasteiger partial charge in [-0.25, -0.2) is 4.98 Å². The molecule has 3 aromatic rings. The third-order valence-electron chi connectivity index (χ3n) is 4.11. The molecule has 3 rings (SSSR count). The van der Waals surface area contributed by atoms with Crippen molar-refractivity contribution in [3.05, 3.63) is 60.2 Å². The number of carbonyl (C=O) groups excluding carboxylic acids is 2. The Morgan fingerprint density at radius 2 is 2.00 bits per heavy atom. The van der Waals surface area contributed by atoms with Crippen molar-refractivity contribution in [2.45, 2.75) is 19.8 Å². The number of nitrogens with zero attached hydrogens (tertiary/aromatic N) is 2. The second-order valence-electron chi connectivity index (χ2n) is 6.04. The van der Waals surface area contributed by atoms with E-state index in [0.717, 1.165) is 12.8 Å². The Balaban J connectivity index is 1.89. The molecule has 7 heteroatoms. The Kier molecular flexibility index (Phi) is 5.71. The number of pyridine rings is 1. The van der Waals surface area contributed by atoms with Gasteiger partial charge in [-0.3, -0.25) is 14.0 Å². The molecule has 2 heterocycles. The number of hydrogen-bond acceptors (Lipinski definition) is 4. The van der Waals surface area contributed by atoms with E-state index in [9.17, 15) is 9.59 Å². The third-order valence-corrected chi connectivity index (χ3v) is 4.11. The van der Waals surface area contributed by atoms with Crippen LogP contribution in [0.2, 0.25) is 0 Å². The molecule has 0 saturated carbocycles. The second kappa shape index (κ2) is 8.35. The fourth-order valence-corrected chi connectivity index (χ4v) is 2.72. The highest BCUT2D eigenvalue weighted by molar-refractivity contribution is 6.06. The summed E-state index contributed by atoms with van der Waals surface area (Å²) < 4.78 is 6.78. The van der Waals surface area contributed by atoms with Crippen LogP contribution in [0.1, 0.15) is 40.9 Å². The maximum atomic E-state index is 12.8. The van der Waals surface area contributed by atoms with Gasteiger partial charge in [0.25, 0.3) is 11.8 Å². The zero-order valence-electron chi connectivity index (χ0n) is 15.4. The average Bonchev–Trinajstić information content (AvgIpc) is 3.08. The molecule has 2 amide bonds. The topological polar surface area (TPSA) is 84.7 Å². The van der Waals surface area contributed by atoms with Gasteiger partial charge in [-0.15, -0.1) is 0 Å². The quantitative estimate of drug-likeness (QED) is 0.629. The van der Waals surface area contributed by atoms with E-state index < -0.39 is 5.91 Å². The minimum Gasteiger partial charge on any atom is -0.497 e. The van der Waals surface area contributed by atoms with Gasteiger partial charge in [-0.1, -0.05) is 25.5 Å². The lowest BCUT2D eigenvalue weighted by Crippen LogP contribution is -2.25. The van der Waals surface area contributed by atoms with Crippen molar-refractivity contribution < 1.29 is 14.3 Å². The number of imidazole rings is 1. The van der Waals surface area contributed by atoms with Crippen molar-refractivity contribution >= 4 is 23.0 Å². The van der Waals surface area contributed by atoms with E-state index in [1.54, 1.807) is 54.1 Å². The zero-order chi connectivity index (χ0) is 19.2. The Hall–Kier alpha value is -3.35. The average molecular weight is 366 g/mol. The summed E-state index contributed by atoms with van der Waals surface area (Å²) in [6, 6.07) is 12.4. The molecule has 0 fully saturated rings. The summed E-state index contributed by atoms with van der Waals surface area (Å²) in [5.41, 5.74) is 1.41. The molecule has 0 saturated heterocycles. The molecule has 1 aromatic carbocycles. The van der Waals surface area contributed by atoms with E-state index in [-0.39, 0.29) is 17.4 Å². The number of ether oxygens (including phenoxy) is 1. The van der Waals surface area contributed by atoms with Crippen LogP contribution in [0, 0.1) is 0 Å². The van der Waals surface area contributed by atoms with Crippen LogP contribution in [0.5, 0.6) is 5.75 Å². The zero-order valence-corrected chi connectivity index (χ0v) is 15.4. The summed E-state index contributed by atoms with van der Waals surface area (Å²) in [6.07, 6.45) is 3.59. The molecule has 0 aliphatic carbocycles. The van der Waals surface area contributed by atoms with Crippen LogP contribution in [-0.2, 0) is 0 Å². The van der Waals surface area contributed by atoms with Gasteiger partial charge in [-0.05, 0) is 30.7 Å². The first-order chi connectivity index (χ1) is 13.1. The van der Waals surface area contributed by atoms with Crippen LogP contribution in [0.3, 0.4) is 0 Å². The van der Waals surface area contributed by atoms with Crippen LogP contribution in [0.15, 0.2) is 48.7 Å². The van der Waals surface area contributed by atoms with Crippen molar-refractivity contribution in [1.82, 2.24) is 14.7 Å². The van der Waals surface area contributed by atoms with E-state index in [4.69, 9.17) is 4.74 Å². The maximum Gasteiger partial charge on any atom is 0.292 e. The molecule has 27 heavy (non-hydrogen) atoms. The normalized spacial score (nSPS) is 10.6. The highest BCUT2D eigenvalue weighted by atomic mass is 16.5. The van der Waals surface area contributed by atoms with E-state index in [2.05, 4.69) is 22.5 Å². The van der Waals surface area contributed by atoms with Gasteiger partial charge < -0.3 is 15.4 Å². The highest BCUT2D eigenvalue weighted by Gasteiger charge is 2.21. The molecule has 0 unspecified atom stereocenters. The molecule has 7 nitrogen and oxygen atoms in total. The SMILES string of the molecule is CCCCNC(=O)c1nc(C(=O)Nc2cccc(OC)c2)n2ccccc12. The smallest absolute Gasteiger partial charge is 0.292 e. The molecule has 0 aliphatic heterocycles. The summed E-state index contributed by atoms with van der Waals surface area (Å²) >= 11 is 0. The minimum absolute atomic E-state index is 0.147. The molecular weight excluding hydrogens is 344 g/mol. The molecule has 2 N–H and O–H groups in total. The Morgan fingerprint density at radius 1 is 1.15 bits per heavy atom. The van der Waals surface area contributed by atoms with Crippen LogP contribution in [0.25, 0.3) is 5.52 Å². The first-order valence-electron chi connectivity index (χ1n) is 8.84. The monoisotopic (exact) mass is 366 g/mol. The van der Waals surface area contributed by atoms with Crippen molar-refractivity contribution in [2.75, 3.05) is 19.0 Å². The lowest BCUT2D eigenvalue weighted by atomic mass is 10.3. The standard InChI is InChI=1S/C20H22N4O3/c1-3-4-11-21-19(25)17-16-10-5-6-12-24(16)18(23-17)20(26)22-14-8-7-9-15(13-14)27-2/h5-10,12-13H,3-4,11H2,1-2H3,(H,21,25)(H,22,26). The van der Waals surface area contributed by atoms with Gasteiger partial charge in [0.2, 0.25) is 5.82 Å². The van der Waals surface area contributed by atoms with E-state index in [0.29, 0.717) is 23.5 Å². The number of carbonyl (C=O) groups is 2. The molecule has 0 bridgehead atoms. The lowest BCUT2D eigenvalue weighted by molar-refractivity contribution is 0.0950. The highest BCUT2D eigenvalue weighted by Crippen LogP contribution is 2.19. The Morgan fingerprint density at radius 3 is 2.78 bits per heavy atom. The number of aromatic nitrogens is 2. The van der Waals surface area contributed by atoms with Gasteiger partial charge in [0.15, 0.2) is 5.69 Å². The summed E-state index contributed by atoms with van der Waals surface area (Å²) in [5.74, 6) is 0.0930. The van der Waals surface area contributed by atoms with E-state index in [1.807, 2.05) is 6.07 Å². The van der Waals surface area contributed by atoms with Crippen molar-refractivity contribution in [1.29, 1.82) is 0 Å². The fraction of sp³-hybridized carbons (Fsp3) is 0.250. The number of anilines is 1. The number of benzene rings is 1. The van der Waals surface area contributed by atoms with Crippen molar-refractivity contribution in [2.24, 2.45) is 0 Å². The number of amides is 2. The Labute approximate surface area is 157 Å². The molecule has 0 aliphatic rings. The van der Waals surface area contributed by atoms with Gasteiger partial charge in [0, 0.05) is 24.5 Å². The Bertz CT molecular complexity index is 965. The molecular formula is C20H22N4O3. The largest absolute Gasteiger partial charge is 0.497 e. The molecule has 0 radical (unpaired) electrons. The number of rotatable bonds is 7.